The fraction of sp³-hybridized carbons (Fsp3) is 0.857. The molecule has 3 atom stereocenters. The summed E-state index contributed by atoms with van der Waals surface area (Å²) < 4.78 is 10.7. The van der Waals surface area contributed by atoms with Crippen LogP contribution < -0.4 is 0 Å². The first-order chi connectivity index (χ1) is 13.2. The molecule has 0 aromatic carbocycles. The van der Waals surface area contributed by atoms with Crippen LogP contribution in [0.2, 0.25) is 0 Å². The van der Waals surface area contributed by atoms with Crippen molar-refractivity contribution in [3.63, 3.8) is 0 Å². The van der Waals surface area contributed by atoms with Gasteiger partial charge >= 0.3 is 18.0 Å². The molecule has 1 saturated heterocycles. The average molecular weight is 398 g/mol. The topological polar surface area (TPSA) is 93.1 Å². The van der Waals surface area contributed by atoms with E-state index in [9.17, 15) is 19.5 Å². The van der Waals surface area contributed by atoms with E-state index >= 15 is 0 Å². The Kier molecular flexibility index (Phi) is 8.13. The summed E-state index contributed by atoms with van der Waals surface area (Å²) in [6.45, 7) is 7.37. The second-order valence-corrected chi connectivity index (χ2v) is 8.94. The number of carboxylic acid groups (broad SMARTS) is 1. The van der Waals surface area contributed by atoms with Gasteiger partial charge in [0.25, 0.3) is 6.29 Å². The zero-order valence-corrected chi connectivity index (χ0v) is 17.6. The summed E-state index contributed by atoms with van der Waals surface area (Å²) in [4.78, 5) is 37.6. The molecule has 0 bridgehead atoms. The molecular formula is C21H35NO6. The van der Waals surface area contributed by atoms with Crippen molar-refractivity contribution in [2.75, 3.05) is 6.54 Å². The van der Waals surface area contributed by atoms with Gasteiger partial charge in [-0.3, -0.25) is 9.69 Å². The number of hydrogen-bond acceptors (Lipinski definition) is 5. The molecule has 1 N–H and O–H groups in total. The lowest BCUT2D eigenvalue weighted by atomic mass is 9.82. The molecular weight excluding hydrogens is 362 g/mol. The Balaban J connectivity index is 1.99. The van der Waals surface area contributed by atoms with Crippen molar-refractivity contribution in [3.05, 3.63) is 0 Å². The van der Waals surface area contributed by atoms with Crippen LogP contribution in [0.25, 0.3) is 0 Å². The highest BCUT2D eigenvalue weighted by Crippen LogP contribution is 2.35. The molecule has 0 aromatic heterocycles. The summed E-state index contributed by atoms with van der Waals surface area (Å²) in [6, 6.07) is -0.880. The molecule has 1 heterocycles. The minimum Gasteiger partial charge on any atom is -0.480 e. The van der Waals surface area contributed by atoms with Crippen molar-refractivity contribution in [2.24, 2.45) is 23.7 Å². The summed E-state index contributed by atoms with van der Waals surface area (Å²) in [6.07, 6.45) is 5.83. The predicted molar refractivity (Wildman–Crippen MR) is 103 cm³/mol. The van der Waals surface area contributed by atoms with Crippen LogP contribution in [0.3, 0.4) is 0 Å². The molecule has 28 heavy (non-hydrogen) atoms. The van der Waals surface area contributed by atoms with Crippen LogP contribution >= 0.6 is 0 Å². The largest absolute Gasteiger partial charge is 0.480 e. The molecule has 2 rings (SSSR count). The summed E-state index contributed by atoms with van der Waals surface area (Å²) in [7, 11) is 0. The van der Waals surface area contributed by atoms with Crippen LogP contribution in [-0.2, 0) is 19.1 Å². The zero-order chi connectivity index (χ0) is 20.8. The minimum absolute atomic E-state index is 0.174. The van der Waals surface area contributed by atoms with Gasteiger partial charge in [0.2, 0.25) is 0 Å². The molecule has 2 aliphatic rings. The van der Waals surface area contributed by atoms with Crippen LogP contribution in [0.4, 0.5) is 4.79 Å². The molecule has 1 amide bonds. The Bertz CT molecular complexity index is 555. The smallest absolute Gasteiger partial charge is 0.413 e. The molecule has 0 radical (unpaired) electrons. The molecule has 1 aliphatic carbocycles. The van der Waals surface area contributed by atoms with Gasteiger partial charge < -0.3 is 14.6 Å². The number of carbonyl (C=O) groups excluding carboxylic acids is 2. The van der Waals surface area contributed by atoms with E-state index in [2.05, 4.69) is 0 Å². The number of likely N-dealkylation sites (tertiary alicyclic amines) is 1. The first-order valence-corrected chi connectivity index (χ1v) is 10.6. The minimum atomic E-state index is -1.02. The van der Waals surface area contributed by atoms with Crippen LogP contribution in [0, 0.1) is 23.7 Å². The number of carboxylic acids is 1. The van der Waals surface area contributed by atoms with Crippen molar-refractivity contribution in [3.8, 4) is 0 Å². The summed E-state index contributed by atoms with van der Waals surface area (Å²) in [5.41, 5.74) is 0. The summed E-state index contributed by atoms with van der Waals surface area (Å²) in [5, 5.41) is 9.58. The molecule has 0 aromatic rings. The van der Waals surface area contributed by atoms with E-state index in [0.717, 1.165) is 6.42 Å². The van der Waals surface area contributed by atoms with Gasteiger partial charge in [-0.25, -0.2) is 9.59 Å². The van der Waals surface area contributed by atoms with E-state index in [4.69, 9.17) is 9.47 Å². The number of esters is 1. The number of nitrogens with zero attached hydrogens (tertiary/aromatic N) is 1. The highest BCUT2D eigenvalue weighted by atomic mass is 16.7. The van der Waals surface area contributed by atoms with Gasteiger partial charge in [-0.15, -0.1) is 0 Å². The van der Waals surface area contributed by atoms with Gasteiger partial charge in [0.15, 0.2) is 0 Å². The van der Waals surface area contributed by atoms with Crippen molar-refractivity contribution >= 4 is 18.0 Å². The zero-order valence-electron chi connectivity index (χ0n) is 17.6. The van der Waals surface area contributed by atoms with Gasteiger partial charge in [-0.05, 0) is 24.7 Å². The Hall–Kier alpha value is -1.79. The second kappa shape index (κ2) is 10.1. The van der Waals surface area contributed by atoms with Crippen molar-refractivity contribution in [1.82, 2.24) is 4.90 Å². The van der Waals surface area contributed by atoms with Gasteiger partial charge in [-0.2, -0.15) is 0 Å². The maximum absolute atomic E-state index is 12.7. The number of ether oxygens (including phenoxy) is 2. The van der Waals surface area contributed by atoms with E-state index in [1.807, 2.05) is 0 Å². The third-order valence-corrected chi connectivity index (χ3v) is 5.76. The van der Waals surface area contributed by atoms with Crippen LogP contribution in [-0.4, -0.2) is 46.9 Å². The number of aliphatic carboxylic acids is 1. The fourth-order valence-corrected chi connectivity index (χ4v) is 4.14. The monoisotopic (exact) mass is 397 g/mol. The van der Waals surface area contributed by atoms with Gasteiger partial charge in [0.1, 0.15) is 6.04 Å². The molecule has 1 saturated carbocycles. The first kappa shape index (κ1) is 22.5. The van der Waals surface area contributed by atoms with E-state index < -0.39 is 30.4 Å². The molecule has 7 heteroatoms. The van der Waals surface area contributed by atoms with Crippen LogP contribution in [0.1, 0.15) is 72.6 Å². The third kappa shape index (κ3) is 6.11. The van der Waals surface area contributed by atoms with E-state index in [0.29, 0.717) is 18.9 Å². The quantitative estimate of drug-likeness (QED) is 0.514. The second-order valence-electron chi connectivity index (χ2n) is 8.94. The molecule has 0 unspecified atom stereocenters. The normalized spacial score (nSPS) is 24.4. The fourth-order valence-electron chi connectivity index (χ4n) is 4.14. The first-order valence-electron chi connectivity index (χ1n) is 10.6. The SMILES string of the molecule is CC(C)C(=O)O[C@@H](OC(=O)N1C[C@@H](CC2CCCCC2)C[C@H]1C(=O)O)C(C)C. The molecule has 1 aliphatic heterocycles. The molecule has 7 nitrogen and oxygen atoms in total. The third-order valence-electron chi connectivity index (χ3n) is 5.76. The molecule has 160 valence electrons. The summed E-state index contributed by atoms with van der Waals surface area (Å²) in [5.74, 6) is -1.22. The number of amides is 1. The highest BCUT2D eigenvalue weighted by molar-refractivity contribution is 5.81. The van der Waals surface area contributed by atoms with E-state index in [1.165, 1.54) is 37.0 Å². The number of hydrogen-bond donors (Lipinski definition) is 1. The van der Waals surface area contributed by atoms with E-state index in [1.54, 1.807) is 27.7 Å². The van der Waals surface area contributed by atoms with Gasteiger partial charge in [0, 0.05) is 12.5 Å². The van der Waals surface area contributed by atoms with Crippen LogP contribution in [0.15, 0.2) is 0 Å². The molecule has 0 spiro atoms. The lowest BCUT2D eigenvalue weighted by molar-refractivity contribution is -0.181. The van der Waals surface area contributed by atoms with Crippen molar-refractivity contribution in [1.29, 1.82) is 0 Å². The van der Waals surface area contributed by atoms with Gasteiger partial charge in [-0.1, -0.05) is 59.8 Å². The Morgan fingerprint density at radius 1 is 1.00 bits per heavy atom. The highest BCUT2D eigenvalue weighted by Gasteiger charge is 2.42. The predicted octanol–water partition coefficient (Wildman–Crippen LogP) is 4.05. The Morgan fingerprint density at radius 2 is 1.64 bits per heavy atom. The molecule has 2 fully saturated rings. The van der Waals surface area contributed by atoms with E-state index in [-0.39, 0.29) is 17.8 Å². The Labute approximate surface area is 167 Å². The maximum Gasteiger partial charge on any atom is 0.413 e. The van der Waals surface area contributed by atoms with Crippen molar-refractivity contribution < 1.29 is 29.0 Å². The summed E-state index contributed by atoms with van der Waals surface area (Å²) >= 11 is 0. The number of carbonyl (C=O) groups is 3. The lowest BCUT2D eigenvalue weighted by Gasteiger charge is -2.27. The van der Waals surface area contributed by atoms with Crippen molar-refractivity contribution in [2.45, 2.75) is 85.0 Å². The maximum atomic E-state index is 12.7. The number of rotatable bonds is 7. The average Bonchev–Trinajstić information content (AvgIpc) is 3.06. The Morgan fingerprint density at radius 3 is 2.18 bits per heavy atom. The van der Waals surface area contributed by atoms with Crippen LogP contribution in [0.5, 0.6) is 0 Å². The standard InChI is InChI=1S/C21H35NO6/c1-13(2)19(25)27-20(14(3)4)28-21(26)22-12-16(11-17(22)18(23)24)10-15-8-6-5-7-9-15/h13-17,20H,5-12H2,1-4H3,(H,23,24)/t16-,17-,20-/m0/s1. The van der Waals surface area contributed by atoms with Gasteiger partial charge in [0.05, 0.1) is 5.92 Å². The lowest BCUT2D eigenvalue weighted by Crippen LogP contribution is -2.43.